The molecule has 0 aromatic carbocycles. The first kappa shape index (κ1) is 22.0. The van der Waals surface area contributed by atoms with Crippen molar-refractivity contribution in [2.24, 2.45) is 0 Å². The molecule has 4 heterocycles. The predicted octanol–water partition coefficient (Wildman–Crippen LogP) is 1.20. The number of fused-ring (bicyclic) bond motifs is 1. The van der Waals surface area contributed by atoms with E-state index in [4.69, 9.17) is 14.7 Å². The van der Waals surface area contributed by atoms with Crippen LogP contribution < -0.4 is 5.32 Å². The third kappa shape index (κ3) is 4.98. The van der Waals surface area contributed by atoms with E-state index in [-0.39, 0.29) is 24.5 Å². The second kappa shape index (κ2) is 9.91. The number of aromatic nitrogens is 2. The van der Waals surface area contributed by atoms with Crippen LogP contribution in [0.3, 0.4) is 0 Å². The van der Waals surface area contributed by atoms with Gasteiger partial charge in [-0.3, -0.25) is 9.59 Å². The lowest BCUT2D eigenvalue weighted by Crippen LogP contribution is -2.42. The lowest BCUT2D eigenvalue weighted by atomic mass is 10.00. The van der Waals surface area contributed by atoms with Gasteiger partial charge in [-0.15, -0.1) is 0 Å². The van der Waals surface area contributed by atoms with Crippen LogP contribution in [0, 0.1) is 0 Å². The average Bonchev–Trinajstić information content (AvgIpc) is 3.20. The summed E-state index contributed by atoms with van der Waals surface area (Å²) in [6.45, 7) is 4.30. The smallest absolute Gasteiger partial charge is 0.249 e. The summed E-state index contributed by atoms with van der Waals surface area (Å²) in [6.07, 6.45) is 5.35. The SMILES string of the molecule is CNc1nc([C@@H]2CCCCN2C(=O)COCCN2CCCC2=O)nc2c1CN(C)CC2. The van der Waals surface area contributed by atoms with Crippen LogP contribution in [0.25, 0.3) is 0 Å². The molecule has 0 aliphatic carbocycles. The van der Waals surface area contributed by atoms with Gasteiger partial charge in [0.15, 0.2) is 5.82 Å². The number of likely N-dealkylation sites (N-methyl/N-ethyl adjacent to an activating group) is 1. The molecule has 1 atom stereocenters. The van der Waals surface area contributed by atoms with Crippen molar-refractivity contribution in [2.45, 2.75) is 51.1 Å². The number of hydrogen-bond donors (Lipinski definition) is 1. The third-order valence-corrected chi connectivity index (χ3v) is 6.53. The molecule has 1 aromatic heterocycles. The van der Waals surface area contributed by atoms with Gasteiger partial charge in [0, 0.05) is 58.2 Å². The van der Waals surface area contributed by atoms with Crippen molar-refractivity contribution in [1.82, 2.24) is 24.7 Å². The van der Waals surface area contributed by atoms with E-state index < -0.39 is 0 Å². The molecule has 3 aliphatic heterocycles. The van der Waals surface area contributed by atoms with Crippen molar-refractivity contribution in [3.8, 4) is 0 Å². The van der Waals surface area contributed by atoms with Gasteiger partial charge in [0.05, 0.1) is 18.3 Å². The van der Waals surface area contributed by atoms with E-state index in [0.717, 1.165) is 74.6 Å². The molecule has 0 bridgehead atoms. The number of piperidine rings is 1. The number of anilines is 1. The van der Waals surface area contributed by atoms with Crippen LogP contribution in [0.2, 0.25) is 0 Å². The van der Waals surface area contributed by atoms with Crippen LogP contribution in [-0.4, -0.2) is 90.0 Å². The zero-order valence-corrected chi connectivity index (χ0v) is 18.7. The van der Waals surface area contributed by atoms with E-state index in [2.05, 4.69) is 17.3 Å². The lowest BCUT2D eigenvalue weighted by molar-refractivity contribution is -0.140. The standard InChI is InChI=1S/C22H34N6O3/c1-23-21-16-14-26(2)11-8-17(16)24-22(25-21)18-6-3-4-10-28(18)20(30)15-31-13-12-27-9-5-7-19(27)29/h18H,3-15H2,1-2H3,(H,23,24,25)/t18-/m0/s1. The Labute approximate surface area is 184 Å². The van der Waals surface area contributed by atoms with Crippen LogP contribution in [-0.2, 0) is 27.3 Å². The molecule has 0 radical (unpaired) electrons. The Morgan fingerprint density at radius 1 is 1.16 bits per heavy atom. The van der Waals surface area contributed by atoms with Crippen LogP contribution in [0.5, 0.6) is 0 Å². The fourth-order valence-corrected chi connectivity index (χ4v) is 4.78. The molecule has 2 fully saturated rings. The second-order valence-electron chi connectivity index (χ2n) is 8.73. The van der Waals surface area contributed by atoms with E-state index in [1.54, 1.807) is 0 Å². The summed E-state index contributed by atoms with van der Waals surface area (Å²) in [4.78, 5) is 40.4. The van der Waals surface area contributed by atoms with Gasteiger partial charge in [-0.05, 0) is 32.7 Å². The van der Waals surface area contributed by atoms with Gasteiger partial charge >= 0.3 is 0 Å². The summed E-state index contributed by atoms with van der Waals surface area (Å²) in [7, 11) is 4.00. The summed E-state index contributed by atoms with van der Waals surface area (Å²) in [5.74, 6) is 1.77. The van der Waals surface area contributed by atoms with Crippen molar-refractivity contribution < 1.29 is 14.3 Å². The quantitative estimate of drug-likeness (QED) is 0.650. The second-order valence-corrected chi connectivity index (χ2v) is 8.73. The van der Waals surface area contributed by atoms with Gasteiger partial charge in [-0.1, -0.05) is 0 Å². The first-order valence-electron chi connectivity index (χ1n) is 11.5. The molecule has 3 aliphatic rings. The highest BCUT2D eigenvalue weighted by Crippen LogP contribution is 2.32. The van der Waals surface area contributed by atoms with Crippen molar-refractivity contribution in [3.63, 3.8) is 0 Å². The maximum absolute atomic E-state index is 13.0. The number of hydrogen-bond acceptors (Lipinski definition) is 7. The van der Waals surface area contributed by atoms with E-state index >= 15 is 0 Å². The van der Waals surface area contributed by atoms with Gasteiger partial charge in [0.25, 0.3) is 0 Å². The maximum atomic E-state index is 13.0. The van der Waals surface area contributed by atoms with Gasteiger partial charge in [0.2, 0.25) is 11.8 Å². The molecule has 9 nitrogen and oxygen atoms in total. The number of amides is 2. The molecule has 2 saturated heterocycles. The first-order chi connectivity index (χ1) is 15.1. The van der Waals surface area contributed by atoms with Crippen molar-refractivity contribution in [2.75, 3.05) is 58.8 Å². The van der Waals surface area contributed by atoms with E-state index in [1.807, 2.05) is 16.8 Å². The maximum Gasteiger partial charge on any atom is 0.249 e. The first-order valence-corrected chi connectivity index (χ1v) is 11.5. The number of nitrogens with zero attached hydrogens (tertiary/aromatic N) is 5. The summed E-state index contributed by atoms with van der Waals surface area (Å²) < 4.78 is 5.65. The molecule has 1 aromatic rings. The predicted molar refractivity (Wildman–Crippen MR) is 117 cm³/mol. The number of rotatable bonds is 7. The molecular formula is C22H34N6O3. The van der Waals surface area contributed by atoms with Crippen LogP contribution >= 0.6 is 0 Å². The molecule has 170 valence electrons. The number of ether oxygens (including phenoxy) is 1. The molecule has 0 saturated carbocycles. The summed E-state index contributed by atoms with van der Waals surface area (Å²) in [5, 5.41) is 3.23. The summed E-state index contributed by atoms with van der Waals surface area (Å²) >= 11 is 0. The number of carbonyl (C=O) groups is 2. The Balaban J connectivity index is 1.41. The zero-order chi connectivity index (χ0) is 21.8. The van der Waals surface area contributed by atoms with Gasteiger partial charge in [-0.25, -0.2) is 9.97 Å². The molecular weight excluding hydrogens is 396 g/mol. The fraction of sp³-hybridized carbons (Fsp3) is 0.727. The van der Waals surface area contributed by atoms with Gasteiger partial charge in [0.1, 0.15) is 12.4 Å². The Kier molecular flexibility index (Phi) is 7.02. The average molecular weight is 431 g/mol. The van der Waals surface area contributed by atoms with Crippen molar-refractivity contribution >= 4 is 17.6 Å². The van der Waals surface area contributed by atoms with Crippen LogP contribution in [0.1, 0.15) is 55.2 Å². The highest BCUT2D eigenvalue weighted by molar-refractivity contribution is 5.78. The number of carbonyl (C=O) groups excluding carboxylic acids is 2. The molecule has 9 heteroatoms. The van der Waals surface area contributed by atoms with Crippen LogP contribution in [0.15, 0.2) is 0 Å². The Morgan fingerprint density at radius 3 is 2.81 bits per heavy atom. The Bertz CT molecular complexity index is 799. The molecule has 0 spiro atoms. The van der Waals surface area contributed by atoms with Crippen molar-refractivity contribution in [1.29, 1.82) is 0 Å². The van der Waals surface area contributed by atoms with E-state index in [1.165, 1.54) is 0 Å². The topological polar surface area (TPSA) is 90.9 Å². The van der Waals surface area contributed by atoms with Crippen molar-refractivity contribution in [3.05, 3.63) is 17.1 Å². The molecule has 31 heavy (non-hydrogen) atoms. The van der Waals surface area contributed by atoms with E-state index in [0.29, 0.717) is 26.1 Å². The van der Waals surface area contributed by atoms with E-state index in [9.17, 15) is 9.59 Å². The van der Waals surface area contributed by atoms with Gasteiger partial charge in [-0.2, -0.15) is 0 Å². The summed E-state index contributed by atoms with van der Waals surface area (Å²) in [6, 6.07) is -0.109. The molecule has 0 unspecified atom stereocenters. The largest absolute Gasteiger partial charge is 0.373 e. The fourth-order valence-electron chi connectivity index (χ4n) is 4.78. The summed E-state index contributed by atoms with van der Waals surface area (Å²) in [5.41, 5.74) is 2.26. The monoisotopic (exact) mass is 430 g/mol. The normalized spacial score (nSPS) is 22.0. The lowest BCUT2D eigenvalue weighted by Gasteiger charge is -2.36. The Hall–Kier alpha value is -2.26. The zero-order valence-electron chi connectivity index (χ0n) is 18.7. The minimum atomic E-state index is -0.109. The van der Waals surface area contributed by atoms with Crippen LogP contribution in [0.4, 0.5) is 5.82 Å². The highest BCUT2D eigenvalue weighted by atomic mass is 16.5. The number of nitrogens with one attached hydrogen (secondary N) is 1. The molecule has 4 rings (SSSR count). The minimum absolute atomic E-state index is 0.0236. The Morgan fingerprint density at radius 2 is 2.03 bits per heavy atom. The molecule has 2 amide bonds. The number of likely N-dealkylation sites (tertiary alicyclic amines) is 2. The highest BCUT2D eigenvalue weighted by Gasteiger charge is 2.32. The third-order valence-electron chi connectivity index (χ3n) is 6.53. The van der Waals surface area contributed by atoms with Gasteiger partial charge < -0.3 is 24.8 Å². The minimum Gasteiger partial charge on any atom is -0.373 e. The molecule has 1 N–H and O–H groups in total.